The van der Waals surface area contributed by atoms with Gasteiger partial charge < -0.3 is 4.74 Å². The molecule has 0 saturated carbocycles. The lowest BCUT2D eigenvalue weighted by molar-refractivity contribution is -0.148. The number of hydrogen-bond acceptors (Lipinski definition) is 3. The Morgan fingerprint density at radius 2 is 1.89 bits per heavy atom. The van der Waals surface area contributed by atoms with Gasteiger partial charge in [0.2, 0.25) is 0 Å². The molecule has 3 nitrogen and oxygen atoms in total. The van der Waals surface area contributed by atoms with E-state index in [4.69, 9.17) is 11.6 Å². The van der Waals surface area contributed by atoms with Crippen LogP contribution in [0.15, 0.2) is 23.8 Å². The van der Waals surface area contributed by atoms with E-state index in [1.807, 2.05) is 19.9 Å². The van der Waals surface area contributed by atoms with Crippen LogP contribution in [0.5, 0.6) is 0 Å². The molecule has 4 heteroatoms. The second kappa shape index (κ2) is 8.92. The van der Waals surface area contributed by atoms with Crippen molar-refractivity contribution in [1.82, 2.24) is 0 Å². The fraction of sp³-hybridized carbons (Fsp3) is 0.600. The van der Waals surface area contributed by atoms with Gasteiger partial charge in [0.25, 0.3) is 0 Å². The van der Waals surface area contributed by atoms with E-state index in [-0.39, 0.29) is 11.2 Å². The van der Waals surface area contributed by atoms with Gasteiger partial charge in [-0.3, -0.25) is 9.59 Å². The van der Waals surface area contributed by atoms with E-state index in [0.717, 1.165) is 24.0 Å². The van der Waals surface area contributed by atoms with Gasteiger partial charge in [0.05, 0.1) is 12.5 Å². The summed E-state index contributed by atoms with van der Waals surface area (Å²) in [6, 6.07) is 0. The molecule has 0 aliphatic rings. The zero-order chi connectivity index (χ0) is 15.0. The van der Waals surface area contributed by atoms with Crippen LogP contribution in [0.3, 0.4) is 0 Å². The first-order valence-corrected chi connectivity index (χ1v) is 6.76. The van der Waals surface area contributed by atoms with E-state index in [2.05, 4.69) is 11.3 Å². The molecule has 0 aliphatic carbocycles. The van der Waals surface area contributed by atoms with E-state index >= 15 is 0 Å². The molecule has 0 saturated heterocycles. The number of ether oxygens (including phenoxy) is 1. The molecular formula is C15H23ClO3. The van der Waals surface area contributed by atoms with Crippen molar-refractivity contribution in [2.45, 2.75) is 45.4 Å². The lowest BCUT2D eigenvalue weighted by atomic mass is 9.98. The Bertz CT molecular complexity index is 372. The zero-order valence-electron chi connectivity index (χ0n) is 12.2. The number of rotatable bonds is 8. The van der Waals surface area contributed by atoms with E-state index in [0.29, 0.717) is 6.42 Å². The molecule has 0 rings (SSSR count). The molecule has 0 aromatic heterocycles. The van der Waals surface area contributed by atoms with Crippen LogP contribution in [-0.4, -0.2) is 24.2 Å². The third kappa shape index (κ3) is 7.16. The average Bonchev–Trinajstić information content (AvgIpc) is 2.34. The molecule has 0 heterocycles. The van der Waals surface area contributed by atoms with Crippen LogP contribution in [0.2, 0.25) is 0 Å². The van der Waals surface area contributed by atoms with Crippen molar-refractivity contribution in [2.75, 3.05) is 7.11 Å². The molecule has 2 unspecified atom stereocenters. The van der Waals surface area contributed by atoms with Gasteiger partial charge in [0.15, 0.2) is 0 Å². The highest BCUT2D eigenvalue weighted by molar-refractivity contribution is 6.22. The molecule has 0 N–H and O–H groups in total. The summed E-state index contributed by atoms with van der Waals surface area (Å²) in [4.78, 5) is 22.8. The maximum absolute atomic E-state index is 11.4. The Balaban J connectivity index is 4.39. The van der Waals surface area contributed by atoms with Gasteiger partial charge in [-0.15, -0.1) is 11.6 Å². The highest BCUT2D eigenvalue weighted by atomic mass is 35.5. The number of Topliss-reactive ketones (excluding diaryl/α,β-unsaturated/α-hetero) is 1. The molecule has 0 fully saturated rings. The average molecular weight is 287 g/mol. The first kappa shape index (κ1) is 17.9. The number of alkyl halides is 1. The minimum Gasteiger partial charge on any atom is -0.468 e. The largest absolute Gasteiger partial charge is 0.468 e. The maximum atomic E-state index is 11.4. The second-order valence-corrected chi connectivity index (χ2v) is 5.35. The predicted octanol–water partition coefficient (Wildman–Crippen LogP) is 3.66. The minimum atomic E-state index is -0.701. The summed E-state index contributed by atoms with van der Waals surface area (Å²) in [5.41, 5.74) is 2.06. The molecule has 0 radical (unpaired) electrons. The van der Waals surface area contributed by atoms with Crippen molar-refractivity contribution in [2.24, 2.45) is 5.92 Å². The third-order valence-corrected chi connectivity index (χ3v) is 3.60. The molecule has 0 bridgehead atoms. The molecule has 0 amide bonds. The van der Waals surface area contributed by atoms with Crippen LogP contribution in [0, 0.1) is 5.92 Å². The molecule has 2 atom stereocenters. The molecule has 0 aliphatic heterocycles. The first-order valence-electron chi connectivity index (χ1n) is 6.33. The number of methoxy groups -OCH3 is 1. The number of carbonyl (C=O) groups is 2. The van der Waals surface area contributed by atoms with Crippen LogP contribution in [0.25, 0.3) is 0 Å². The van der Waals surface area contributed by atoms with Crippen molar-refractivity contribution in [1.29, 1.82) is 0 Å². The summed E-state index contributed by atoms with van der Waals surface area (Å²) < 4.78 is 4.61. The lowest BCUT2D eigenvalue weighted by Crippen LogP contribution is -2.22. The van der Waals surface area contributed by atoms with Crippen LogP contribution in [0.4, 0.5) is 0 Å². The molecule has 0 aromatic rings. The summed E-state index contributed by atoms with van der Waals surface area (Å²) in [7, 11) is 1.29. The lowest BCUT2D eigenvalue weighted by Gasteiger charge is -2.11. The van der Waals surface area contributed by atoms with Gasteiger partial charge in [-0.05, 0) is 40.0 Å². The van der Waals surface area contributed by atoms with Gasteiger partial charge in [0.1, 0.15) is 11.7 Å². The number of carbonyl (C=O) groups excluding carboxylic acids is 2. The Morgan fingerprint density at radius 3 is 2.32 bits per heavy atom. The van der Waals surface area contributed by atoms with E-state index in [9.17, 15) is 9.59 Å². The summed E-state index contributed by atoms with van der Waals surface area (Å²) >= 11 is 6.09. The Kier molecular flexibility index (Phi) is 8.41. The highest BCUT2D eigenvalue weighted by Crippen LogP contribution is 2.18. The summed E-state index contributed by atoms with van der Waals surface area (Å²) in [6.45, 7) is 9.08. The zero-order valence-corrected chi connectivity index (χ0v) is 12.9. The first-order chi connectivity index (χ1) is 8.79. The number of esters is 1. The fourth-order valence-corrected chi connectivity index (χ4v) is 1.70. The van der Waals surface area contributed by atoms with Crippen molar-refractivity contribution in [3.8, 4) is 0 Å². The molecule has 0 spiro atoms. The van der Waals surface area contributed by atoms with Crippen LogP contribution in [0.1, 0.15) is 40.0 Å². The maximum Gasteiger partial charge on any atom is 0.316 e. The van der Waals surface area contributed by atoms with Gasteiger partial charge in [-0.25, -0.2) is 0 Å². The summed E-state index contributed by atoms with van der Waals surface area (Å²) in [6.07, 6.45) is 3.92. The quantitative estimate of drug-likeness (QED) is 0.296. The third-order valence-electron chi connectivity index (χ3n) is 3.01. The number of ketones is 1. The van der Waals surface area contributed by atoms with Crippen molar-refractivity contribution in [3.05, 3.63) is 23.8 Å². The molecule has 19 heavy (non-hydrogen) atoms. The van der Waals surface area contributed by atoms with Crippen LogP contribution in [-0.2, 0) is 14.3 Å². The monoisotopic (exact) mass is 286 g/mol. The van der Waals surface area contributed by atoms with Gasteiger partial charge in [-0.2, -0.15) is 0 Å². The van der Waals surface area contributed by atoms with Gasteiger partial charge in [-0.1, -0.05) is 23.8 Å². The molecule has 108 valence electrons. The SMILES string of the molecule is C=C(C)C(Cl)CC/C(C)=C/CC(C(C)=O)C(=O)OC. The predicted molar refractivity (Wildman–Crippen MR) is 78.3 cm³/mol. The number of halogens is 1. The number of hydrogen-bond donors (Lipinski definition) is 0. The Morgan fingerprint density at radius 1 is 1.32 bits per heavy atom. The van der Waals surface area contributed by atoms with Crippen LogP contribution < -0.4 is 0 Å². The van der Waals surface area contributed by atoms with E-state index < -0.39 is 11.9 Å². The van der Waals surface area contributed by atoms with Gasteiger partial charge >= 0.3 is 5.97 Å². The second-order valence-electron chi connectivity index (χ2n) is 4.83. The fourth-order valence-electron chi connectivity index (χ4n) is 1.59. The molecule has 0 aromatic carbocycles. The smallest absolute Gasteiger partial charge is 0.316 e. The van der Waals surface area contributed by atoms with Crippen LogP contribution >= 0.6 is 11.6 Å². The Labute approximate surface area is 120 Å². The minimum absolute atomic E-state index is 0.0347. The van der Waals surface area contributed by atoms with Crippen molar-refractivity contribution >= 4 is 23.4 Å². The normalized spacial score (nSPS) is 14.7. The Hall–Kier alpha value is -1.09. The van der Waals surface area contributed by atoms with Crippen molar-refractivity contribution < 1.29 is 14.3 Å². The standard InChI is InChI=1S/C15H23ClO3/c1-10(2)14(16)9-7-11(3)6-8-13(12(4)17)15(18)19-5/h6,13-14H,1,7-9H2,2-5H3/b11-6+. The van der Waals surface area contributed by atoms with Crippen molar-refractivity contribution in [3.63, 3.8) is 0 Å². The summed E-state index contributed by atoms with van der Waals surface area (Å²) in [5.74, 6) is -1.35. The summed E-state index contributed by atoms with van der Waals surface area (Å²) in [5, 5.41) is -0.0347. The van der Waals surface area contributed by atoms with E-state index in [1.165, 1.54) is 14.0 Å². The highest BCUT2D eigenvalue weighted by Gasteiger charge is 2.22. The van der Waals surface area contributed by atoms with E-state index in [1.54, 1.807) is 0 Å². The molecular weight excluding hydrogens is 264 g/mol. The van der Waals surface area contributed by atoms with Gasteiger partial charge in [0, 0.05) is 0 Å². The topological polar surface area (TPSA) is 43.4 Å². The number of allylic oxidation sites excluding steroid dienone is 3.